The van der Waals surface area contributed by atoms with E-state index < -0.39 is 44.1 Å². The van der Waals surface area contributed by atoms with Gasteiger partial charge in [0.25, 0.3) is 5.69 Å². The summed E-state index contributed by atoms with van der Waals surface area (Å²) < 4.78 is 4.84. The van der Waals surface area contributed by atoms with Crippen LogP contribution in [0.1, 0.15) is 16.1 Å². The molecule has 1 aromatic carbocycles. The molecule has 124 valence electrons. The molecular weight excluding hydrogens is 346 g/mol. The highest BCUT2D eigenvalue weighted by molar-refractivity contribution is 6.31. The van der Waals surface area contributed by atoms with Gasteiger partial charge in [0.15, 0.2) is 0 Å². The third-order valence-corrected chi connectivity index (χ3v) is 3.10. The molecule has 0 bridgehead atoms. The molecule has 0 atom stereocenters. The van der Waals surface area contributed by atoms with Gasteiger partial charge in [-0.1, -0.05) is 11.6 Å². The lowest BCUT2D eigenvalue weighted by Gasteiger charge is -2.06. The normalized spacial score (nSPS) is 10.2. The van der Waals surface area contributed by atoms with Gasteiger partial charge in [0.05, 0.1) is 9.85 Å². The number of hydrogen-bond acceptors (Lipinski definition) is 7. The summed E-state index contributed by atoms with van der Waals surface area (Å²) in [5.41, 5.74) is -2.94. The van der Waals surface area contributed by atoms with E-state index in [2.05, 4.69) is 4.98 Å². The Morgan fingerprint density at radius 1 is 1.21 bits per heavy atom. The van der Waals surface area contributed by atoms with Gasteiger partial charge in [0.1, 0.15) is 5.56 Å². The van der Waals surface area contributed by atoms with Gasteiger partial charge in [-0.15, -0.1) is 0 Å². The van der Waals surface area contributed by atoms with E-state index in [4.69, 9.17) is 16.3 Å². The van der Waals surface area contributed by atoms with Crippen molar-refractivity contribution in [1.29, 1.82) is 0 Å². The van der Waals surface area contributed by atoms with Crippen LogP contribution in [0.4, 0.5) is 11.4 Å². The zero-order valence-corrected chi connectivity index (χ0v) is 12.7. The van der Waals surface area contributed by atoms with Crippen LogP contribution in [-0.2, 0) is 0 Å². The number of hydrogen-bond donors (Lipinski definition) is 1. The number of H-pyrrole nitrogens is 1. The van der Waals surface area contributed by atoms with Crippen molar-refractivity contribution in [2.24, 2.45) is 0 Å². The molecule has 0 aliphatic carbocycles. The smallest absolute Gasteiger partial charge is 0.376 e. The summed E-state index contributed by atoms with van der Waals surface area (Å²) in [6.07, 6.45) is 0. The van der Waals surface area contributed by atoms with Crippen LogP contribution in [0.2, 0.25) is 5.02 Å². The van der Waals surface area contributed by atoms with Gasteiger partial charge in [-0.3, -0.25) is 25.0 Å². The quantitative estimate of drug-likeness (QED) is 0.504. The van der Waals surface area contributed by atoms with Crippen molar-refractivity contribution in [3.05, 3.63) is 71.1 Å². The topological polar surface area (TPSA) is 145 Å². The van der Waals surface area contributed by atoms with Crippen molar-refractivity contribution in [1.82, 2.24) is 4.98 Å². The number of nitro groups is 2. The number of halogens is 1. The Balaban J connectivity index is 2.52. The zero-order valence-electron chi connectivity index (χ0n) is 11.9. The van der Waals surface area contributed by atoms with E-state index in [-0.39, 0.29) is 10.7 Å². The van der Waals surface area contributed by atoms with Crippen LogP contribution in [0, 0.1) is 27.2 Å². The number of aromatic amines is 1. The van der Waals surface area contributed by atoms with Crippen LogP contribution in [0.3, 0.4) is 0 Å². The third-order valence-electron chi connectivity index (χ3n) is 2.87. The Morgan fingerprint density at radius 3 is 2.46 bits per heavy atom. The van der Waals surface area contributed by atoms with Gasteiger partial charge in [0, 0.05) is 22.8 Å². The van der Waals surface area contributed by atoms with E-state index in [0.717, 1.165) is 18.2 Å². The van der Waals surface area contributed by atoms with Crippen molar-refractivity contribution in [3.8, 4) is 5.75 Å². The van der Waals surface area contributed by atoms with Crippen LogP contribution in [0.15, 0.2) is 29.1 Å². The Bertz CT molecular complexity index is 922. The molecule has 0 fully saturated rings. The number of carbonyl (C=O) groups excluding carboxylic acids is 1. The summed E-state index contributed by atoms with van der Waals surface area (Å²) >= 11 is 5.71. The van der Waals surface area contributed by atoms with Crippen LogP contribution in [0.25, 0.3) is 0 Å². The molecule has 1 heterocycles. The van der Waals surface area contributed by atoms with Crippen molar-refractivity contribution >= 4 is 28.9 Å². The summed E-state index contributed by atoms with van der Waals surface area (Å²) in [5.74, 6) is -1.88. The molecule has 1 N–H and O–H groups in total. The van der Waals surface area contributed by atoms with Crippen molar-refractivity contribution in [2.75, 3.05) is 0 Å². The van der Waals surface area contributed by atoms with Gasteiger partial charge < -0.3 is 9.72 Å². The van der Waals surface area contributed by atoms with Gasteiger partial charge in [-0.25, -0.2) is 4.79 Å². The van der Waals surface area contributed by atoms with Crippen molar-refractivity contribution in [3.63, 3.8) is 0 Å². The molecule has 24 heavy (non-hydrogen) atoms. The van der Waals surface area contributed by atoms with Crippen molar-refractivity contribution < 1.29 is 19.4 Å². The number of aromatic nitrogens is 1. The number of aryl methyl sites for hydroxylation is 1. The highest BCUT2D eigenvalue weighted by Gasteiger charge is 2.27. The summed E-state index contributed by atoms with van der Waals surface area (Å²) in [6, 6.07) is 4.26. The van der Waals surface area contributed by atoms with E-state index in [9.17, 15) is 29.8 Å². The summed E-state index contributed by atoms with van der Waals surface area (Å²) in [6.45, 7) is 1.42. The summed E-state index contributed by atoms with van der Waals surface area (Å²) in [4.78, 5) is 46.1. The fourth-order valence-corrected chi connectivity index (χ4v) is 2.06. The molecule has 0 radical (unpaired) electrons. The molecular formula is C13H8ClN3O7. The molecule has 1 aromatic heterocycles. The van der Waals surface area contributed by atoms with Gasteiger partial charge in [-0.05, 0) is 19.1 Å². The fraction of sp³-hybridized carbons (Fsp3) is 0.0769. The number of esters is 1. The minimum atomic E-state index is -1.25. The van der Waals surface area contributed by atoms with E-state index in [1.165, 1.54) is 13.0 Å². The molecule has 0 amide bonds. The molecule has 0 saturated heterocycles. The maximum atomic E-state index is 12.2. The third kappa shape index (κ3) is 3.38. The number of nitrogens with zero attached hydrogens (tertiary/aromatic N) is 2. The highest BCUT2D eigenvalue weighted by Crippen LogP contribution is 2.27. The number of carbonyl (C=O) groups is 1. The number of benzene rings is 1. The Labute approximate surface area is 137 Å². The first-order valence-electron chi connectivity index (χ1n) is 6.25. The second kappa shape index (κ2) is 6.46. The standard InChI is InChI=1S/C13H8ClN3O7/c1-6-4-10(11(17(22)23)12(18)15-6)24-13(19)8-5-7(14)2-3-9(8)16(20)21/h2-5H,1H3,(H,15,18). The molecule has 0 unspecified atom stereocenters. The zero-order chi connectivity index (χ0) is 18.0. The summed E-state index contributed by atoms with van der Waals surface area (Å²) in [5, 5.41) is 22.0. The Hall–Kier alpha value is -3.27. The van der Waals surface area contributed by atoms with E-state index in [1.807, 2.05) is 0 Å². The number of nitrogens with one attached hydrogen (secondary N) is 1. The summed E-state index contributed by atoms with van der Waals surface area (Å²) in [7, 11) is 0. The number of ether oxygens (including phenoxy) is 1. The minimum Gasteiger partial charge on any atom is -0.415 e. The number of pyridine rings is 1. The predicted molar refractivity (Wildman–Crippen MR) is 81.5 cm³/mol. The van der Waals surface area contributed by atoms with Crippen LogP contribution in [0.5, 0.6) is 5.75 Å². The molecule has 0 spiro atoms. The second-order valence-corrected chi connectivity index (χ2v) is 5.00. The molecule has 2 aromatic rings. The van der Waals surface area contributed by atoms with Crippen LogP contribution in [-0.4, -0.2) is 20.8 Å². The molecule has 10 nitrogen and oxygen atoms in total. The first-order valence-corrected chi connectivity index (χ1v) is 6.63. The molecule has 0 saturated carbocycles. The lowest BCUT2D eigenvalue weighted by atomic mass is 10.2. The Kier molecular flexibility index (Phi) is 4.60. The first-order chi connectivity index (χ1) is 11.2. The maximum absolute atomic E-state index is 12.2. The second-order valence-electron chi connectivity index (χ2n) is 4.56. The number of nitro benzene ring substituents is 1. The largest absolute Gasteiger partial charge is 0.415 e. The van der Waals surface area contributed by atoms with Crippen molar-refractivity contribution in [2.45, 2.75) is 6.92 Å². The number of rotatable bonds is 4. The lowest BCUT2D eigenvalue weighted by Crippen LogP contribution is -2.18. The van der Waals surface area contributed by atoms with E-state index in [0.29, 0.717) is 0 Å². The highest BCUT2D eigenvalue weighted by atomic mass is 35.5. The van der Waals surface area contributed by atoms with Gasteiger partial charge in [-0.2, -0.15) is 0 Å². The van der Waals surface area contributed by atoms with Crippen LogP contribution < -0.4 is 10.3 Å². The molecule has 0 aliphatic heterocycles. The van der Waals surface area contributed by atoms with E-state index in [1.54, 1.807) is 0 Å². The molecule has 0 aliphatic rings. The monoisotopic (exact) mass is 353 g/mol. The van der Waals surface area contributed by atoms with Crippen LogP contribution >= 0.6 is 11.6 Å². The lowest BCUT2D eigenvalue weighted by molar-refractivity contribution is -0.387. The average Bonchev–Trinajstić information content (AvgIpc) is 2.45. The predicted octanol–water partition coefficient (Wildman–Crippen LogP) is 2.37. The maximum Gasteiger partial charge on any atom is 0.376 e. The molecule has 11 heteroatoms. The van der Waals surface area contributed by atoms with Gasteiger partial charge >= 0.3 is 17.2 Å². The minimum absolute atomic E-state index is 0.0316. The molecule has 2 rings (SSSR count). The Morgan fingerprint density at radius 2 is 1.88 bits per heavy atom. The van der Waals surface area contributed by atoms with E-state index >= 15 is 0 Å². The van der Waals surface area contributed by atoms with Gasteiger partial charge in [0.2, 0.25) is 5.75 Å². The SMILES string of the molecule is Cc1cc(OC(=O)c2cc(Cl)ccc2[N+](=O)[O-])c([N+](=O)[O-])c(=O)[nH]1. The average molecular weight is 354 g/mol. The first kappa shape index (κ1) is 17.1. The fourth-order valence-electron chi connectivity index (χ4n) is 1.89.